The van der Waals surface area contributed by atoms with Crippen molar-refractivity contribution in [3.8, 4) is 11.6 Å². The monoisotopic (exact) mass is 479 g/mol. The van der Waals surface area contributed by atoms with Gasteiger partial charge in [-0.25, -0.2) is 9.97 Å². The summed E-state index contributed by atoms with van der Waals surface area (Å²) in [5.41, 5.74) is 0.885. The zero-order valence-electron chi connectivity index (χ0n) is 16.1. The number of aromatic nitrogens is 3. The first-order valence-corrected chi connectivity index (χ1v) is 9.81. The molecular formula is C21H14BrN5O4. The Balaban J connectivity index is 1.60. The number of aryl methyl sites for hydroxylation is 1. The van der Waals surface area contributed by atoms with Gasteiger partial charge in [-0.2, -0.15) is 9.78 Å². The molecule has 0 bridgehead atoms. The number of hydrogen-bond acceptors (Lipinski definition) is 7. The van der Waals surface area contributed by atoms with Crippen molar-refractivity contribution in [2.75, 3.05) is 0 Å². The molecule has 0 aliphatic carbocycles. The minimum absolute atomic E-state index is 0.120. The van der Waals surface area contributed by atoms with Crippen LogP contribution in [0.2, 0.25) is 0 Å². The van der Waals surface area contributed by atoms with Crippen LogP contribution in [0, 0.1) is 17.0 Å². The summed E-state index contributed by atoms with van der Waals surface area (Å²) in [7, 11) is 0. The summed E-state index contributed by atoms with van der Waals surface area (Å²) in [5, 5.41) is 15.5. The van der Waals surface area contributed by atoms with Crippen molar-refractivity contribution >= 4 is 38.7 Å². The lowest BCUT2D eigenvalue weighted by atomic mass is 10.2. The van der Waals surface area contributed by atoms with Crippen LogP contribution in [0.25, 0.3) is 10.9 Å². The normalized spacial score (nSPS) is 11.2. The third-order valence-corrected chi connectivity index (χ3v) is 4.80. The number of rotatable bonds is 5. The molecule has 2 heterocycles. The molecular weight excluding hydrogens is 466 g/mol. The molecule has 0 aliphatic heterocycles. The molecule has 154 valence electrons. The van der Waals surface area contributed by atoms with Crippen molar-refractivity contribution in [3.63, 3.8) is 0 Å². The summed E-state index contributed by atoms with van der Waals surface area (Å²) in [6.45, 7) is 1.71. The fourth-order valence-corrected chi connectivity index (χ4v) is 3.20. The van der Waals surface area contributed by atoms with Crippen LogP contribution < -0.4 is 10.3 Å². The van der Waals surface area contributed by atoms with Crippen LogP contribution >= 0.6 is 15.9 Å². The Hall–Kier alpha value is -3.92. The third-order valence-electron chi connectivity index (χ3n) is 4.30. The van der Waals surface area contributed by atoms with Crippen molar-refractivity contribution in [2.45, 2.75) is 6.92 Å². The van der Waals surface area contributed by atoms with E-state index in [2.05, 4.69) is 31.0 Å². The van der Waals surface area contributed by atoms with Gasteiger partial charge in [0.05, 0.1) is 22.0 Å². The van der Waals surface area contributed by atoms with Gasteiger partial charge in [-0.1, -0.05) is 28.1 Å². The van der Waals surface area contributed by atoms with Crippen LogP contribution in [0.5, 0.6) is 11.6 Å². The van der Waals surface area contributed by atoms with Gasteiger partial charge in [-0.3, -0.25) is 14.9 Å². The molecule has 0 spiro atoms. The zero-order valence-corrected chi connectivity index (χ0v) is 17.7. The van der Waals surface area contributed by atoms with Crippen molar-refractivity contribution in [3.05, 3.63) is 97.1 Å². The number of ether oxygens (including phenoxy) is 1. The van der Waals surface area contributed by atoms with Crippen molar-refractivity contribution in [2.24, 2.45) is 5.10 Å². The van der Waals surface area contributed by atoms with Crippen LogP contribution in [-0.2, 0) is 0 Å². The molecule has 4 rings (SSSR count). The number of hydrogen-bond donors (Lipinski definition) is 0. The van der Waals surface area contributed by atoms with Gasteiger partial charge < -0.3 is 4.74 Å². The fourth-order valence-electron chi connectivity index (χ4n) is 2.84. The lowest BCUT2D eigenvalue weighted by Gasteiger charge is -2.06. The highest BCUT2D eigenvalue weighted by atomic mass is 79.9. The molecule has 0 radical (unpaired) electrons. The lowest BCUT2D eigenvalue weighted by molar-refractivity contribution is -0.385. The summed E-state index contributed by atoms with van der Waals surface area (Å²) in [5.74, 6) is 1.14. The van der Waals surface area contributed by atoms with E-state index in [0.717, 1.165) is 10.7 Å². The molecule has 4 aromatic rings. The van der Waals surface area contributed by atoms with Crippen LogP contribution in [0.15, 0.2) is 75.2 Å². The second-order valence-corrected chi connectivity index (χ2v) is 7.38. The minimum atomic E-state index is -0.530. The van der Waals surface area contributed by atoms with Crippen molar-refractivity contribution in [1.82, 2.24) is 14.6 Å². The smallest absolute Gasteiger partial charge is 0.287 e. The molecule has 2 aromatic carbocycles. The first-order chi connectivity index (χ1) is 14.9. The highest BCUT2D eigenvalue weighted by molar-refractivity contribution is 9.10. The van der Waals surface area contributed by atoms with E-state index in [1.807, 2.05) is 6.07 Å². The molecule has 0 atom stereocenters. The maximum absolute atomic E-state index is 12.8. The molecule has 2 aromatic heterocycles. The summed E-state index contributed by atoms with van der Waals surface area (Å²) in [6.07, 6.45) is 2.65. The average molecular weight is 480 g/mol. The Labute approximate surface area is 183 Å². The fraction of sp³-hybridized carbons (Fsp3) is 0.0476. The molecule has 0 saturated heterocycles. The summed E-state index contributed by atoms with van der Waals surface area (Å²) < 4.78 is 7.66. The van der Waals surface area contributed by atoms with E-state index in [1.54, 1.807) is 43.3 Å². The van der Waals surface area contributed by atoms with E-state index < -0.39 is 4.92 Å². The number of halogens is 1. The number of nitro groups is 1. The summed E-state index contributed by atoms with van der Waals surface area (Å²) in [4.78, 5) is 31.4. The Morgan fingerprint density at radius 1 is 1.19 bits per heavy atom. The van der Waals surface area contributed by atoms with Gasteiger partial charge >= 0.3 is 0 Å². The number of nitrogens with zero attached hydrogens (tertiary/aromatic N) is 5. The predicted molar refractivity (Wildman–Crippen MR) is 119 cm³/mol. The van der Waals surface area contributed by atoms with E-state index in [1.165, 1.54) is 23.0 Å². The number of fused-ring (bicyclic) bond motifs is 1. The molecule has 0 saturated carbocycles. The van der Waals surface area contributed by atoms with Crippen molar-refractivity contribution < 1.29 is 9.66 Å². The lowest BCUT2D eigenvalue weighted by Crippen LogP contribution is -2.20. The second kappa shape index (κ2) is 8.44. The zero-order chi connectivity index (χ0) is 22.0. The van der Waals surface area contributed by atoms with Gasteiger partial charge in [0.2, 0.25) is 5.88 Å². The standard InChI is InChI=1S/C21H14BrN5O4/c1-13-25-19-7-5-15(22)10-18(19)21(28)26(13)24-11-14-3-2-4-17(9-14)31-20-8-6-16(12-23-20)27(29)30/h2-12H,1H3. The highest BCUT2D eigenvalue weighted by Gasteiger charge is 2.09. The average Bonchev–Trinajstić information content (AvgIpc) is 2.75. The van der Waals surface area contributed by atoms with Gasteiger partial charge in [0.1, 0.15) is 17.8 Å². The van der Waals surface area contributed by atoms with Crippen LogP contribution in [-0.4, -0.2) is 25.8 Å². The number of pyridine rings is 1. The van der Waals surface area contributed by atoms with Crippen LogP contribution in [0.1, 0.15) is 11.4 Å². The third kappa shape index (κ3) is 4.48. The molecule has 0 amide bonds. The molecule has 0 fully saturated rings. The van der Waals surface area contributed by atoms with Gasteiger partial charge in [-0.05, 0) is 42.8 Å². The summed E-state index contributed by atoms with van der Waals surface area (Å²) >= 11 is 3.36. The predicted octanol–water partition coefficient (Wildman–Crippen LogP) is 4.45. The maximum Gasteiger partial charge on any atom is 0.287 e. The Morgan fingerprint density at radius 2 is 2.03 bits per heavy atom. The van der Waals surface area contributed by atoms with Crippen LogP contribution in [0.4, 0.5) is 5.69 Å². The Kier molecular flexibility index (Phi) is 5.54. The van der Waals surface area contributed by atoms with E-state index in [4.69, 9.17) is 4.74 Å². The number of benzene rings is 2. The first-order valence-electron chi connectivity index (χ1n) is 9.02. The quantitative estimate of drug-likeness (QED) is 0.237. The molecule has 10 heteroatoms. The van der Waals surface area contributed by atoms with Gasteiger partial charge in [0, 0.05) is 16.6 Å². The summed E-state index contributed by atoms with van der Waals surface area (Å²) in [6, 6.07) is 15.0. The minimum Gasteiger partial charge on any atom is -0.439 e. The van der Waals surface area contributed by atoms with E-state index in [0.29, 0.717) is 28.0 Å². The second-order valence-electron chi connectivity index (χ2n) is 6.47. The Morgan fingerprint density at radius 3 is 2.77 bits per heavy atom. The van der Waals surface area contributed by atoms with Gasteiger partial charge in [0.25, 0.3) is 11.2 Å². The van der Waals surface area contributed by atoms with Gasteiger partial charge in [0.15, 0.2) is 0 Å². The largest absolute Gasteiger partial charge is 0.439 e. The van der Waals surface area contributed by atoms with Gasteiger partial charge in [-0.15, -0.1) is 0 Å². The molecule has 0 N–H and O–H groups in total. The molecule has 31 heavy (non-hydrogen) atoms. The van der Waals surface area contributed by atoms with E-state index in [-0.39, 0.29) is 17.1 Å². The Bertz CT molecular complexity index is 1380. The van der Waals surface area contributed by atoms with Crippen LogP contribution in [0.3, 0.4) is 0 Å². The SMILES string of the molecule is Cc1nc2ccc(Br)cc2c(=O)n1N=Cc1cccc(Oc2ccc([N+](=O)[O-])cn2)c1. The molecule has 0 unspecified atom stereocenters. The highest BCUT2D eigenvalue weighted by Crippen LogP contribution is 2.22. The first kappa shape index (κ1) is 20.4. The van der Waals surface area contributed by atoms with E-state index >= 15 is 0 Å². The topological polar surface area (TPSA) is 113 Å². The van der Waals surface area contributed by atoms with E-state index in [9.17, 15) is 14.9 Å². The maximum atomic E-state index is 12.8. The van der Waals surface area contributed by atoms with Crippen molar-refractivity contribution in [1.29, 1.82) is 0 Å². The molecule has 9 nitrogen and oxygen atoms in total. The molecule has 0 aliphatic rings.